The molecule has 0 saturated heterocycles. The van der Waals surface area contributed by atoms with Crippen LogP contribution < -0.4 is 0 Å². The van der Waals surface area contributed by atoms with Crippen molar-refractivity contribution in [1.82, 2.24) is 14.5 Å². The molecule has 2 rings (SSSR count). The number of aromatic nitrogens is 3. The molecule has 0 amide bonds. The predicted octanol–water partition coefficient (Wildman–Crippen LogP) is 0.666. The van der Waals surface area contributed by atoms with Gasteiger partial charge in [0.2, 0.25) is 0 Å². The second-order valence-corrected chi connectivity index (χ2v) is 2.70. The standard InChI is InChI=1S/C8H7N3O2/c1-11-3-2-5-7(11)10-6(4-9-5)8(12)13/h2-4H,1H3,(H,12,13). The summed E-state index contributed by atoms with van der Waals surface area (Å²) in [6.07, 6.45) is 3.04. The second-order valence-electron chi connectivity index (χ2n) is 2.70. The summed E-state index contributed by atoms with van der Waals surface area (Å²) >= 11 is 0. The van der Waals surface area contributed by atoms with E-state index in [2.05, 4.69) is 9.97 Å². The predicted molar refractivity (Wildman–Crippen MR) is 45.5 cm³/mol. The van der Waals surface area contributed by atoms with Crippen molar-refractivity contribution in [1.29, 1.82) is 0 Å². The van der Waals surface area contributed by atoms with Gasteiger partial charge >= 0.3 is 5.97 Å². The molecule has 0 saturated carbocycles. The zero-order chi connectivity index (χ0) is 9.42. The van der Waals surface area contributed by atoms with Gasteiger partial charge in [0, 0.05) is 13.2 Å². The fraction of sp³-hybridized carbons (Fsp3) is 0.125. The summed E-state index contributed by atoms with van der Waals surface area (Å²) in [6.45, 7) is 0. The van der Waals surface area contributed by atoms with E-state index in [-0.39, 0.29) is 5.69 Å². The zero-order valence-electron chi connectivity index (χ0n) is 6.93. The summed E-state index contributed by atoms with van der Waals surface area (Å²) in [5.74, 6) is -1.06. The van der Waals surface area contributed by atoms with Crippen molar-refractivity contribution in [3.63, 3.8) is 0 Å². The van der Waals surface area contributed by atoms with Crippen LogP contribution in [0.3, 0.4) is 0 Å². The monoisotopic (exact) mass is 177 g/mol. The van der Waals surface area contributed by atoms with E-state index >= 15 is 0 Å². The van der Waals surface area contributed by atoms with Crippen LogP contribution in [0.25, 0.3) is 11.2 Å². The van der Waals surface area contributed by atoms with Crippen LogP contribution in [0.2, 0.25) is 0 Å². The van der Waals surface area contributed by atoms with Gasteiger partial charge in [-0.2, -0.15) is 0 Å². The lowest BCUT2D eigenvalue weighted by molar-refractivity contribution is 0.0690. The van der Waals surface area contributed by atoms with Crippen LogP contribution in [0.4, 0.5) is 0 Å². The van der Waals surface area contributed by atoms with Gasteiger partial charge in [0.1, 0.15) is 5.52 Å². The highest BCUT2D eigenvalue weighted by Crippen LogP contribution is 2.09. The normalized spacial score (nSPS) is 10.5. The van der Waals surface area contributed by atoms with Crippen LogP contribution in [0.5, 0.6) is 0 Å². The molecule has 0 atom stereocenters. The highest BCUT2D eigenvalue weighted by molar-refractivity contribution is 5.87. The molecule has 5 nitrogen and oxygen atoms in total. The summed E-state index contributed by atoms with van der Waals surface area (Å²) in [5.41, 5.74) is 1.25. The summed E-state index contributed by atoms with van der Waals surface area (Å²) in [6, 6.07) is 1.79. The van der Waals surface area contributed by atoms with Gasteiger partial charge in [-0.05, 0) is 6.07 Å². The molecule has 0 bridgehead atoms. The Balaban J connectivity index is 2.72. The Hall–Kier alpha value is -1.91. The SMILES string of the molecule is Cn1ccc2ncc(C(=O)O)nc21. The lowest BCUT2D eigenvalue weighted by atomic mass is 10.4. The fourth-order valence-corrected chi connectivity index (χ4v) is 1.12. The Morgan fingerprint density at radius 1 is 1.62 bits per heavy atom. The van der Waals surface area contributed by atoms with Gasteiger partial charge in [-0.25, -0.2) is 9.78 Å². The molecule has 0 aliphatic heterocycles. The van der Waals surface area contributed by atoms with E-state index in [0.29, 0.717) is 11.2 Å². The Kier molecular flexibility index (Phi) is 1.51. The van der Waals surface area contributed by atoms with E-state index in [1.165, 1.54) is 6.20 Å². The topological polar surface area (TPSA) is 68.0 Å². The molecule has 0 radical (unpaired) electrons. The van der Waals surface area contributed by atoms with Crippen molar-refractivity contribution < 1.29 is 9.90 Å². The number of rotatable bonds is 1. The van der Waals surface area contributed by atoms with Crippen molar-refractivity contribution in [3.05, 3.63) is 24.2 Å². The molecule has 0 spiro atoms. The molecule has 2 aromatic rings. The number of fused-ring (bicyclic) bond motifs is 1. The van der Waals surface area contributed by atoms with E-state index in [1.807, 2.05) is 0 Å². The first-order valence-electron chi connectivity index (χ1n) is 3.70. The van der Waals surface area contributed by atoms with Crippen molar-refractivity contribution in [3.8, 4) is 0 Å². The van der Waals surface area contributed by atoms with Crippen molar-refractivity contribution >= 4 is 17.1 Å². The van der Waals surface area contributed by atoms with Gasteiger partial charge in [-0.15, -0.1) is 0 Å². The van der Waals surface area contributed by atoms with E-state index in [9.17, 15) is 4.79 Å². The van der Waals surface area contributed by atoms with Crippen LogP contribution in [-0.4, -0.2) is 25.6 Å². The quantitative estimate of drug-likeness (QED) is 0.695. The maximum Gasteiger partial charge on any atom is 0.356 e. The molecule has 2 aromatic heterocycles. The van der Waals surface area contributed by atoms with Crippen LogP contribution in [0.15, 0.2) is 18.5 Å². The maximum absolute atomic E-state index is 10.6. The molecular formula is C8H7N3O2. The van der Waals surface area contributed by atoms with Gasteiger partial charge in [0.25, 0.3) is 0 Å². The Morgan fingerprint density at radius 2 is 2.38 bits per heavy atom. The largest absolute Gasteiger partial charge is 0.476 e. The molecule has 0 fully saturated rings. The molecular weight excluding hydrogens is 170 g/mol. The lowest BCUT2D eigenvalue weighted by Gasteiger charge is -1.95. The Bertz CT molecular complexity index is 475. The lowest BCUT2D eigenvalue weighted by Crippen LogP contribution is -2.02. The van der Waals surface area contributed by atoms with E-state index in [4.69, 9.17) is 5.11 Å². The first-order chi connectivity index (χ1) is 6.18. The second kappa shape index (κ2) is 2.55. The highest BCUT2D eigenvalue weighted by Gasteiger charge is 2.07. The molecule has 1 N–H and O–H groups in total. The third kappa shape index (κ3) is 1.14. The molecule has 0 aliphatic carbocycles. The summed E-state index contributed by atoms with van der Waals surface area (Å²) in [5, 5.41) is 8.66. The zero-order valence-corrected chi connectivity index (χ0v) is 6.93. The van der Waals surface area contributed by atoms with Crippen LogP contribution in [0, 0.1) is 0 Å². The van der Waals surface area contributed by atoms with Crippen LogP contribution >= 0.6 is 0 Å². The van der Waals surface area contributed by atoms with Gasteiger partial charge in [-0.1, -0.05) is 0 Å². The van der Waals surface area contributed by atoms with Gasteiger partial charge < -0.3 is 9.67 Å². The van der Waals surface area contributed by atoms with Gasteiger partial charge in [0.05, 0.1) is 6.20 Å². The van der Waals surface area contributed by atoms with Crippen molar-refractivity contribution in [2.45, 2.75) is 0 Å². The number of aromatic carboxylic acids is 1. The van der Waals surface area contributed by atoms with Gasteiger partial charge in [0.15, 0.2) is 11.3 Å². The molecule has 0 aromatic carbocycles. The average molecular weight is 177 g/mol. The minimum Gasteiger partial charge on any atom is -0.476 e. The van der Waals surface area contributed by atoms with E-state index in [0.717, 1.165) is 0 Å². The number of aryl methyl sites for hydroxylation is 1. The third-order valence-electron chi connectivity index (χ3n) is 1.79. The Labute approximate surface area is 73.7 Å². The molecule has 5 heteroatoms. The molecule has 0 aliphatic rings. The number of nitrogens with zero attached hydrogens (tertiary/aromatic N) is 3. The van der Waals surface area contributed by atoms with Crippen molar-refractivity contribution in [2.75, 3.05) is 0 Å². The number of carboxylic acids is 1. The smallest absolute Gasteiger partial charge is 0.356 e. The number of carbonyl (C=O) groups is 1. The first-order valence-corrected chi connectivity index (χ1v) is 3.70. The molecule has 66 valence electrons. The number of hydrogen-bond acceptors (Lipinski definition) is 3. The highest BCUT2D eigenvalue weighted by atomic mass is 16.4. The summed E-state index contributed by atoms with van der Waals surface area (Å²) in [4.78, 5) is 18.5. The first kappa shape index (κ1) is 7.72. The number of carboxylic acid groups (broad SMARTS) is 1. The van der Waals surface area contributed by atoms with E-state index < -0.39 is 5.97 Å². The van der Waals surface area contributed by atoms with E-state index in [1.54, 1.807) is 23.9 Å². The average Bonchev–Trinajstić information content (AvgIpc) is 2.47. The Morgan fingerprint density at radius 3 is 3.08 bits per heavy atom. The molecule has 13 heavy (non-hydrogen) atoms. The number of hydrogen-bond donors (Lipinski definition) is 1. The molecule has 0 unspecified atom stereocenters. The molecule has 2 heterocycles. The summed E-state index contributed by atoms with van der Waals surface area (Å²) in [7, 11) is 1.79. The fourth-order valence-electron chi connectivity index (χ4n) is 1.12. The van der Waals surface area contributed by atoms with Crippen LogP contribution in [0.1, 0.15) is 10.5 Å². The minimum atomic E-state index is -1.06. The van der Waals surface area contributed by atoms with Gasteiger partial charge in [-0.3, -0.25) is 4.98 Å². The van der Waals surface area contributed by atoms with Crippen LogP contribution in [-0.2, 0) is 7.05 Å². The summed E-state index contributed by atoms with van der Waals surface area (Å²) < 4.78 is 1.73. The van der Waals surface area contributed by atoms with Crippen molar-refractivity contribution in [2.24, 2.45) is 7.05 Å². The maximum atomic E-state index is 10.6. The minimum absolute atomic E-state index is 0.0331. The third-order valence-corrected chi connectivity index (χ3v) is 1.79.